The van der Waals surface area contributed by atoms with Gasteiger partial charge in [0.05, 0.1) is 10.1 Å². The lowest BCUT2D eigenvalue weighted by atomic mass is 10.1. The standard InChI is InChI=1S/C13H17NO2S.ClH/c15-17(16,12-4-2-1-3-5-12)13-8-10-6-7-11(9-13)14-10;/h1-5,10-11,13-14H,6-9H2;1H. The van der Waals surface area contributed by atoms with Gasteiger partial charge in [-0.05, 0) is 37.8 Å². The second-order valence-electron chi connectivity index (χ2n) is 5.09. The predicted octanol–water partition coefficient (Wildman–Crippen LogP) is 2.17. The van der Waals surface area contributed by atoms with Crippen LogP contribution in [-0.4, -0.2) is 25.8 Å². The van der Waals surface area contributed by atoms with Gasteiger partial charge in [0.2, 0.25) is 0 Å². The summed E-state index contributed by atoms with van der Waals surface area (Å²) < 4.78 is 25.0. The van der Waals surface area contributed by atoms with E-state index >= 15 is 0 Å². The molecule has 0 aromatic heterocycles. The van der Waals surface area contributed by atoms with E-state index in [4.69, 9.17) is 0 Å². The molecule has 1 aromatic carbocycles. The van der Waals surface area contributed by atoms with Gasteiger partial charge in [0.1, 0.15) is 0 Å². The Hall–Kier alpha value is -0.580. The Labute approximate surface area is 114 Å². The van der Waals surface area contributed by atoms with Gasteiger partial charge in [0, 0.05) is 12.1 Å². The maximum atomic E-state index is 12.5. The van der Waals surface area contributed by atoms with Crippen molar-refractivity contribution in [1.82, 2.24) is 5.32 Å². The summed E-state index contributed by atoms with van der Waals surface area (Å²) in [4.78, 5) is 0.478. The Kier molecular flexibility index (Phi) is 3.99. The van der Waals surface area contributed by atoms with Gasteiger partial charge in [-0.1, -0.05) is 18.2 Å². The molecule has 1 N–H and O–H groups in total. The summed E-state index contributed by atoms with van der Waals surface area (Å²) in [5.41, 5.74) is 0. The minimum atomic E-state index is -3.13. The second kappa shape index (κ2) is 5.19. The number of hydrogen-bond donors (Lipinski definition) is 1. The predicted molar refractivity (Wildman–Crippen MR) is 73.8 cm³/mol. The summed E-state index contributed by atoms with van der Waals surface area (Å²) in [6.07, 6.45) is 3.80. The van der Waals surface area contributed by atoms with Gasteiger partial charge in [-0.15, -0.1) is 12.4 Å². The molecule has 2 bridgehead atoms. The molecule has 0 amide bonds. The first kappa shape index (κ1) is 13.8. The Bertz CT molecular complexity index is 491. The number of rotatable bonds is 2. The van der Waals surface area contributed by atoms with Crippen LogP contribution in [0.5, 0.6) is 0 Å². The summed E-state index contributed by atoms with van der Waals surface area (Å²) >= 11 is 0. The normalized spacial score (nSPS) is 30.8. The van der Waals surface area contributed by atoms with E-state index in [1.807, 2.05) is 6.07 Å². The highest BCUT2D eigenvalue weighted by Gasteiger charge is 2.39. The second-order valence-corrected chi connectivity index (χ2v) is 7.32. The molecule has 2 fully saturated rings. The van der Waals surface area contributed by atoms with Crippen molar-refractivity contribution < 1.29 is 8.42 Å². The lowest BCUT2D eigenvalue weighted by Gasteiger charge is -2.28. The lowest BCUT2D eigenvalue weighted by Crippen LogP contribution is -2.43. The first-order valence-electron chi connectivity index (χ1n) is 6.21. The molecule has 2 heterocycles. The van der Waals surface area contributed by atoms with Gasteiger partial charge in [-0.2, -0.15) is 0 Å². The average molecular weight is 288 g/mol. The molecule has 2 saturated heterocycles. The van der Waals surface area contributed by atoms with E-state index in [0.29, 0.717) is 17.0 Å². The molecule has 2 atom stereocenters. The zero-order valence-electron chi connectivity index (χ0n) is 10.1. The first-order valence-corrected chi connectivity index (χ1v) is 7.76. The molecule has 0 aliphatic carbocycles. The molecule has 0 saturated carbocycles. The van der Waals surface area contributed by atoms with Crippen molar-refractivity contribution in [3.05, 3.63) is 30.3 Å². The van der Waals surface area contributed by atoms with Crippen LogP contribution >= 0.6 is 12.4 Å². The van der Waals surface area contributed by atoms with Crippen molar-refractivity contribution in [1.29, 1.82) is 0 Å². The maximum Gasteiger partial charge on any atom is 0.181 e. The van der Waals surface area contributed by atoms with E-state index in [-0.39, 0.29) is 17.7 Å². The van der Waals surface area contributed by atoms with E-state index in [0.717, 1.165) is 25.7 Å². The van der Waals surface area contributed by atoms with E-state index in [9.17, 15) is 8.42 Å². The molecule has 2 unspecified atom stereocenters. The number of sulfone groups is 1. The molecule has 100 valence electrons. The Balaban J connectivity index is 0.00000120. The quantitative estimate of drug-likeness (QED) is 0.907. The number of halogens is 1. The van der Waals surface area contributed by atoms with Crippen LogP contribution in [0, 0.1) is 0 Å². The van der Waals surface area contributed by atoms with Gasteiger partial charge in [-0.3, -0.25) is 0 Å². The molecular weight excluding hydrogens is 270 g/mol. The molecule has 3 nitrogen and oxygen atoms in total. The fourth-order valence-electron chi connectivity index (χ4n) is 3.06. The monoisotopic (exact) mass is 287 g/mol. The number of fused-ring (bicyclic) bond motifs is 2. The van der Waals surface area contributed by atoms with Gasteiger partial charge >= 0.3 is 0 Å². The summed E-state index contributed by atoms with van der Waals surface area (Å²) in [5, 5.41) is 3.29. The third-order valence-electron chi connectivity index (χ3n) is 3.94. The number of nitrogens with one attached hydrogen (secondary N) is 1. The van der Waals surface area contributed by atoms with Crippen molar-refractivity contribution in [3.8, 4) is 0 Å². The van der Waals surface area contributed by atoms with Gasteiger partial charge in [0.25, 0.3) is 0 Å². The van der Waals surface area contributed by atoms with Crippen LogP contribution in [0.25, 0.3) is 0 Å². The molecule has 1 aromatic rings. The van der Waals surface area contributed by atoms with Crippen LogP contribution in [0.1, 0.15) is 25.7 Å². The van der Waals surface area contributed by atoms with Crippen molar-refractivity contribution in [2.24, 2.45) is 0 Å². The smallest absolute Gasteiger partial charge is 0.181 e. The Morgan fingerprint density at radius 2 is 1.56 bits per heavy atom. The van der Waals surface area contributed by atoms with Crippen LogP contribution < -0.4 is 5.32 Å². The minimum absolute atomic E-state index is 0. The average Bonchev–Trinajstić information content (AvgIpc) is 2.69. The van der Waals surface area contributed by atoms with Gasteiger partial charge in [0.15, 0.2) is 9.84 Å². The summed E-state index contributed by atoms with van der Waals surface area (Å²) in [6, 6.07) is 9.68. The van der Waals surface area contributed by atoms with E-state index < -0.39 is 9.84 Å². The molecule has 5 heteroatoms. The molecule has 0 spiro atoms. The molecule has 3 rings (SSSR count). The fourth-order valence-corrected chi connectivity index (χ4v) is 4.95. The molecular formula is C13H18ClNO2S. The highest BCUT2D eigenvalue weighted by atomic mass is 35.5. The third-order valence-corrected chi connectivity index (χ3v) is 6.13. The number of hydrogen-bond acceptors (Lipinski definition) is 3. The highest BCUT2D eigenvalue weighted by Crippen LogP contribution is 2.33. The molecule has 2 aliphatic rings. The van der Waals surface area contributed by atoms with E-state index in [1.54, 1.807) is 24.3 Å². The van der Waals surface area contributed by atoms with Crippen molar-refractivity contribution in [2.45, 2.75) is 47.9 Å². The lowest BCUT2D eigenvalue weighted by molar-refractivity contribution is 0.401. The SMILES string of the molecule is Cl.O=S(=O)(c1ccccc1)C1CC2CCC(C1)N2. The molecule has 0 radical (unpaired) electrons. The maximum absolute atomic E-state index is 12.5. The topological polar surface area (TPSA) is 46.2 Å². The Morgan fingerprint density at radius 3 is 2.11 bits per heavy atom. The van der Waals surface area contributed by atoms with Crippen LogP contribution in [0.4, 0.5) is 0 Å². The summed E-state index contributed by atoms with van der Waals surface area (Å²) in [5.74, 6) is 0. The fraction of sp³-hybridized carbons (Fsp3) is 0.538. The van der Waals surface area contributed by atoms with Crippen LogP contribution in [0.3, 0.4) is 0 Å². The van der Waals surface area contributed by atoms with Crippen LogP contribution in [0.2, 0.25) is 0 Å². The van der Waals surface area contributed by atoms with E-state index in [1.165, 1.54) is 0 Å². The van der Waals surface area contributed by atoms with E-state index in [2.05, 4.69) is 5.32 Å². The van der Waals surface area contributed by atoms with Gasteiger partial charge < -0.3 is 5.32 Å². The van der Waals surface area contributed by atoms with Crippen molar-refractivity contribution in [2.75, 3.05) is 0 Å². The van der Waals surface area contributed by atoms with Crippen LogP contribution in [0.15, 0.2) is 35.2 Å². The van der Waals surface area contributed by atoms with Crippen molar-refractivity contribution >= 4 is 22.2 Å². The largest absolute Gasteiger partial charge is 0.311 e. The number of benzene rings is 1. The molecule has 18 heavy (non-hydrogen) atoms. The highest BCUT2D eigenvalue weighted by molar-refractivity contribution is 7.92. The minimum Gasteiger partial charge on any atom is -0.311 e. The number of piperidine rings is 1. The summed E-state index contributed by atoms with van der Waals surface area (Å²) in [6.45, 7) is 0. The first-order chi connectivity index (χ1) is 8.16. The third kappa shape index (κ3) is 2.42. The van der Waals surface area contributed by atoms with Gasteiger partial charge in [-0.25, -0.2) is 8.42 Å². The molecule has 2 aliphatic heterocycles. The zero-order valence-corrected chi connectivity index (χ0v) is 11.7. The van der Waals surface area contributed by atoms with Crippen molar-refractivity contribution in [3.63, 3.8) is 0 Å². The zero-order chi connectivity index (χ0) is 11.9. The summed E-state index contributed by atoms with van der Waals surface area (Å²) in [7, 11) is -3.13. The Morgan fingerprint density at radius 1 is 1.00 bits per heavy atom. The van der Waals surface area contributed by atoms with Crippen LogP contribution in [-0.2, 0) is 9.84 Å².